The summed E-state index contributed by atoms with van der Waals surface area (Å²) in [6.07, 6.45) is 2.86. The van der Waals surface area contributed by atoms with E-state index in [2.05, 4.69) is 11.9 Å². The van der Waals surface area contributed by atoms with Crippen LogP contribution in [0.1, 0.15) is 18.3 Å². The Balaban J connectivity index is 2.71. The third-order valence-electron chi connectivity index (χ3n) is 2.28. The highest BCUT2D eigenvalue weighted by Gasteiger charge is 2.07. The zero-order chi connectivity index (χ0) is 10.1. The molecule has 74 valence electrons. The number of imidazole rings is 1. The topological polar surface area (TPSA) is 43.3 Å². The Morgan fingerprint density at radius 2 is 2.29 bits per heavy atom. The third kappa shape index (κ3) is 1.38. The van der Waals surface area contributed by atoms with Gasteiger partial charge in [0.2, 0.25) is 0 Å². The van der Waals surface area contributed by atoms with Crippen molar-refractivity contribution in [3.8, 4) is 0 Å². The van der Waals surface area contributed by atoms with Crippen LogP contribution in [0.15, 0.2) is 18.3 Å². The Morgan fingerprint density at radius 1 is 1.50 bits per heavy atom. The second-order valence-electron chi connectivity index (χ2n) is 3.17. The molecule has 14 heavy (non-hydrogen) atoms. The van der Waals surface area contributed by atoms with E-state index < -0.39 is 0 Å². The molecule has 0 atom stereocenters. The lowest BCUT2D eigenvalue weighted by molar-refractivity contribution is 0.917. The minimum Gasteiger partial charge on any atom is -0.326 e. The molecule has 0 aliphatic carbocycles. The first-order valence-electron chi connectivity index (χ1n) is 4.61. The number of nitrogens with two attached hydrogens (primary N) is 1. The van der Waals surface area contributed by atoms with Crippen molar-refractivity contribution in [3.05, 3.63) is 34.9 Å². The maximum absolute atomic E-state index is 5.99. The van der Waals surface area contributed by atoms with E-state index in [9.17, 15) is 0 Å². The van der Waals surface area contributed by atoms with Crippen LogP contribution < -0.4 is 5.73 Å². The van der Waals surface area contributed by atoms with E-state index in [0.29, 0.717) is 11.7 Å². The summed E-state index contributed by atoms with van der Waals surface area (Å²) in [7, 11) is 0. The molecule has 2 aromatic heterocycles. The quantitative estimate of drug-likeness (QED) is 0.823. The SMILES string of the molecule is CCc1nc(Cl)c2ccc(CN)cn12. The van der Waals surface area contributed by atoms with Gasteiger partial charge in [-0.3, -0.25) is 0 Å². The highest BCUT2D eigenvalue weighted by molar-refractivity contribution is 6.32. The molecule has 3 nitrogen and oxygen atoms in total. The van der Waals surface area contributed by atoms with Crippen LogP contribution in [-0.2, 0) is 13.0 Å². The standard InChI is InChI=1S/C10H12ClN3/c1-2-9-13-10(11)8-4-3-7(5-12)6-14(8)9/h3-4,6H,2,5,12H2,1H3. The van der Waals surface area contributed by atoms with Crippen LogP contribution in [0.5, 0.6) is 0 Å². The number of aryl methyl sites for hydroxylation is 1. The van der Waals surface area contributed by atoms with Crippen molar-refractivity contribution in [2.45, 2.75) is 19.9 Å². The summed E-state index contributed by atoms with van der Waals surface area (Å²) >= 11 is 5.99. The summed E-state index contributed by atoms with van der Waals surface area (Å²) in [6.45, 7) is 2.59. The van der Waals surface area contributed by atoms with Crippen molar-refractivity contribution < 1.29 is 0 Å². The fourth-order valence-electron chi connectivity index (χ4n) is 1.52. The molecule has 0 aliphatic heterocycles. The predicted octanol–water partition coefficient (Wildman–Crippen LogP) is 2.01. The summed E-state index contributed by atoms with van der Waals surface area (Å²) in [5.41, 5.74) is 7.60. The molecule has 0 saturated carbocycles. The molecule has 0 aliphatic rings. The molecule has 0 unspecified atom stereocenters. The van der Waals surface area contributed by atoms with Gasteiger partial charge in [-0.05, 0) is 11.6 Å². The van der Waals surface area contributed by atoms with Gasteiger partial charge in [-0.1, -0.05) is 24.6 Å². The van der Waals surface area contributed by atoms with Crippen molar-refractivity contribution in [2.24, 2.45) is 5.73 Å². The molecule has 2 rings (SSSR count). The lowest BCUT2D eigenvalue weighted by Crippen LogP contribution is -1.99. The van der Waals surface area contributed by atoms with E-state index in [-0.39, 0.29) is 0 Å². The minimum atomic E-state index is 0.537. The smallest absolute Gasteiger partial charge is 0.155 e. The lowest BCUT2D eigenvalue weighted by atomic mass is 10.3. The Hall–Kier alpha value is -1.06. The van der Waals surface area contributed by atoms with Gasteiger partial charge in [0.05, 0.1) is 5.52 Å². The Bertz CT molecular complexity index is 462. The zero-order valence-corrected chi connectivity index (χ0v) is 8.75. The number of pyridine rings is 1. The van der Waals surface area contributed by atoms with Crippen molar-refractivity contribution in [2.75, 3.05) is 0 Å². The maximum Gasteiger partial charge on any atom is 0.155 e. The van der Waals surface area contributed by atoms with Crippen LogP contribution in [0.25, 0.3) is 5.52 Å². The molecule has 2 heterocycles. The first kappa shape index (κ1) is 9.49. The number of hydrogen-bond donors (Lipinski definition) is 1. The van der Waals surface area contributed by atoms with Gasteiger partial charge in [-0.25, -0.2) is 4.98 Å². The van der Waals surface area contributed by atoms with E-state index in [1.807, 2.05) is 22.7 Å². The van der Waals surface area contributed by atoms with Crippen LogP contribution in [-0.4, -0.2) is 9.38 Å². The normalized spacial score (nSPS) is 11.1. The number of rotatable bonds is 2. The highest BCUT2D eigenvalue weighted by atomic mass is 35.5. The highest BCUT2D eigenvalue weighted by Crippen LogP contribution is 2.19. The Morgan fingerprint density at radius 3 is 2.93 bits per heavy atom. The molecule has 4 heteroatoms. The van der Waals surface area contributed by atoms with Crippen molar-refractivity contribution in [1.82, 2.24) is 9.38 Å². The van der Waals surface area contributed by atoms with Gasteiger partial charge in [-0.2, -0.15) is 0 Å². The van der Waals surface area contributed by atoms with Crippen molar-refractivity contribution >= 4 is 17.1 Å². The summed E-state index contributed by atoms with van der Waals surface area (Å²) in [4.78, 5) is 4.27. The summed E-state index contributed by atoms with van der Waals surface area (Å²) < 4.78 is 2.00. The fraction of sp³-hybridized carbons (Fsp3) is 0.300. The van der Waals surface area contributed by atoms with Crippen LogP contribution in [0.2, 0.25) is 5.15 Å². The molecule has 2 N–H and O–H groups in total. The molecule has 0 spiro atoms. The molecule has 2 aromatic rings. The molecule has 0 saturated heterocycles. The summed E-state index contributed by atoms with van der Waals surface area (Å²) in [6, 6.07) is 3.93. The van der Waals surface area contributed by atoms with Gasteiger partial charge < -0.3 is 10.1 Å². The van der Waals surface area contributed by atoms with Crippen molar-refractivity contribution in [1.29, 1.82) is 0 Å². The van der Waals surface area contributed by atoms with E-state index >= 15 is 0 Å². The van der Waals surface area contributed by atoms with E-state index in [4.69, 9.17) is 17.3 Å². The maximum atomic E-state index is 5.99. The third-order valence-corrected chi connectivity index (χ3v) is 2.56. The van der Waals surface area contributed by atoms with Gasteiger partial charge in [0.1, 0.15) is 5.82 Å². The first-order valence-corrected chi connectivity index (χ1v) is 4.99. The van der Waals surface area contributed by atoms with Crippen LogP contribution in [0, 0.1) is 0 Å². The van der Waals surface area contributed by atoms with Gasteiger partial charge in [0.25, 0.3) is 0 Å². The van der Waals surface area contributed by atoms with Crippen LogP contribution >= 0.6 is 11.6 Å². The van der Waals surface area contributed by atoms with Crippen LogP contribution in [0.3, 0.4) is 0 Å². The first-order chi connectivity index (χ1) is 6.76. The molecule has 0 radical (unpaired) electrons. The largest absolute Gasteiger partial charge is 0.326 e. The Labute approximate surface area is 87.5 Å². The zero-order valence-electron chi connectivity index (χ0n) is 8.00. The van der Waals surface area contributed by atoms with Gasteiger partial charge in [0, 0.05) is 19.2 Å². The second-order valence-corrected chi connectivity index (χ2v) is 3.53. The lowest BCUT2D eigenvalue weighted by Gasteiger charge is -2.01. The summed E-state index contributed by atoms with van der Waals surface area (Å²) in [5, 5.41) is 0.561. The average molecular weight is 210 g/mol. The fourth-order valence-corrected chi connectivity index (χ4v) is 1.77. The van der Waals surface area contributed by atoms with E-state index in [1.54, 1.807) is 0 Å². The molecule has 0 amide bonds. The van der Waals surface area contributed by atoms with E-state index in [1.165, 1.54) is 0 Å². The molecular weight excluding hydrogens is 198 g/mol. The molecule has 0 bridgehead atoms. The number of aromatic nitrogens is 2. The number of halogens is 1. The predicted molar refractivity (Wildman–Crippen MR) is 57.5 cm³/mol. The number of fused-ring (bicyclic) bond motifs is 1. The number of hydrogen-bond acceptors (Lipinski definition) is 2. The summed E-state index contributed by atoms with van der Waals surface area (Å²) in [5.74, 6) is 0.973. The van der Waals surface area contributed by atoms with Gasteiger partial charge in [0.15, 0.2) is 5.15 Å². The average Bonchev–Trinajstić information content (AvgIpc) is 2.55. The van der Waals surface area contributed by atoms with Gasteiger partial charge in [-0.15, -0.1) is 0 Å². The van der Waals surface area contributed by atoms with Gasteiger partial charge >= 0.3 is 0 Å². The molecule has 0 fully saturated rings. The molecular formula is C10H12ClN3. The monoisotopic (exact) mass is 209 g/mol. The minimum absolute atomic E-state index is 0.537. The van der Waals surface area contributed by atoms with Crippen molar-refractivity contribution in [3.63, 3.8) is 0 Å². The van der Waals surface area contributed by atoms with Crippen LogP contribution in [0.4, 0.5) is 0 Å². The second kappa shape index (κ2) is 3.59. The molecule has 0 aromatic carbocycles. The van der Waals surface area contributed by atoms with E-state index in [0.717, 1.165) is 23.3 Å². The Kier molecular flexibility index (Phi) is 2.44. The number of nitrogens with zero attached hydrogens (tertiary/aromatic N) is 2.